The Morgan fingerprint density at radius 3 is 2.53 bits per heavy atom. The summed E-state index contributed by atoms with van der Waals surface area (Å²) in [5.41, 5.74) is 1.81. The third kappa shape index (κ3) is 4.96. The van der Waals surface area contributed by atoms with Gasteiger partial charge in [-0.3, -0.25) is 4.79 Å². The molecule has 1 aromatic heterocycles. The Balaban J connectivity index is 1.64. The van der Waals surface area contributed by atoms with Crippen molar-refractivity contribution in [1.29, 1.82) is 0 Å². The lowest BCUT2D eigenvalue weighted by molar-refractivity contribution is -0.119. The molecule has 0 spiro atoms. The van der Waals surface area contributed by atoms with Crippen LogP contribution in [0, 0.1) is 6.92 Å². The summed E-state index contributed by atoms with van der Waals surface area (Å²) in [5.74, 6) is 0.317. The van der Waals surface area contributed by atoms with Gasteiger partial charge < -0.3 is 19.5 Å². The zero-order chi connectivity index (χ0) is 21.5. The smallest absolute Gasteiger partial charge is 0.338 e. The summed E-state index contributed by atoms with van der Waals surface area (Å²) >= 11 is 0. The number of benzene rings is 2. The first kappa shape index (κ1) is 20.9. The molecule has 30 heavy (non-hydrogen) atoms. The molecule has 0 fully saturated rings. The van der Waals surface area contributed by atoms with Gasteiger partial charge in [0.05, 0.1) is 30.7 Å². The molecule has 0 radical (unpaired) electrons. The number of carbonyl (C=O) groups excluding carboxylic acids is 2. The molecule has 0 bridgehead atoms. The molecular weight excluding hydrogens is 386 g/mol. The highest BCUT2D eigenvalue weighted by atomic mass is 16.5. The minimum Gasteiger partial charge on any atom is -0.493 e. The molecule has 0 aliphatic carbocycles. The number of amides is 1. The number of nitrogens with zero attached hydrogens (tertiary/aromatic N) is 2. The highest BCUT2D eigenvalue weighted by Gasteiger charge is 2.16. The second-order valence-electron chi connectivity index (χ2n) is 6.34. The fourth-order valence-corrected chi connectivity index (χ4v) is 2.82. The SMILES string of the molecule is CCOc1ccc(C(=O)OCC(=O)Nc2cc(C)nn2-c2ccccc2)cc1OC. The average molecular weight is 409 g/mol. The molecule has 3 rings (SSSR count). The maximum Gasteiger partial charge on any atom is 0.338 e. The zero-order valence-corrected chi connectivity index (χ0v) is 17.0. The molecule has 2 aromatic carbocycles. The van der Waals surface area contributed by atoms with Crippen molar-refractivity contribution in [2.45, 2.75) is 13.8 Å². The summed E-state index contributed by atoms with van der Waals surface area (Å²) in [6, 6.07) is 15.8. The first-order valence-corrected chi connectivity index (χ1v) is 9.41. The van der Waals surface area contributed by atoms with Gasteiger partial charge in [0.25, 0.3) is 5.91 Å². The van der Waals surface area contributed by atoms with E-state index in [2.05, 4.69) is 10.4 Å². The number of rotatable bonds is 8. The van der Waals surface area contributed by atoms with Gasteiger partial charge in [-0.2, -0.15) is 5.10 Å². The van der Waals surface area contributed by atoms with Crippen LogP contribution in [-0.2, 0) is 9.53 Å². The first-order chi connectivity index (χ1) is 14.5. The molecule has 1 amide bonds. The number of hydrogen-bond donors (Lipinski definition) is 1. The molecule has 8 heteroatoms. The van der Waals surface area contributed by atoms with E-state index < -0.39 is 18.5 Å². The van der Waals surface area contributed by atoms with Crippen molar-refractivity contribution in [1.82, 2.24) is 9.78 Å². The maximum absolute atomic E-state index is 12.3. The Kier molecular flexibility index (Phi) is 6.69. The van der Waals surface area contributed by atoms with E-state index in [1.807, 2.05) is 44.2 Å². The van der Waals surface area contributed by atoms with E-state index >= 15 is 0 Å². The van der Waals surface area contributed by atoms with Gasteiger partial charge in [0.15, 0.2) is 18.1 Å². The van der Waals surface area contributed by atoms with Crippen molar-refractivity contribution >= 4 is 17.7 Å². The van der Waals surface area contributed by atoms with Crippen molar-refractivity contribution in [3.05, 3.63) is 65.9 Å². The molecular formula is C22H23N3O5. The monoisotopic (exact) mass is 409 g/mol. The predicted octanol–water partition coefficient (Wildman–Crippen LogP) is 3.38. The summed E-state index contributed by atoms with van der Waals surface area (Å²) in [4.78, 5) is 24.6. The van der Waals surface area contributed by atoms with Crippen molar-refractivity contribution in [3.8, 4) is 17.2 Å². The van der Waals surface area contributed by atoms with Gasteiger partial charge in [-0.15, -0.1) is 0 Å². The molecule has 1 N–H and O–H groups in total. The van der Waals surface area contributed by atoms with Crippen molar-refractivity contribution in [2.75, 3.05) is 25.6 Å². The Bertz CT molecular complexity index is 1030. The number of ether oxygens (including phenoxy) is 3. The van der Waals surface area contributed by atoms with E-state index in [1.165, 1.54) is 13.2 Å². The minimum absolute atomic E-state index is 0.258. The second kappa shape index (κ2) is 9.60. The topological polar surface area (TPSA) is 91.7 Å². The zero-order valence-electron chi connectivity index (χ0n) is 17.0. The van der Waals surface area contributed by atoms with E-state index in [9.17, 15) is 9.59 Å². The number of nitrogens with one attached hydrogen (secondary N) is 1. The van der Waals surface area contributed by atoms with Crippen LogP contribution in [0.4, 0.5) is 5.82 Å². The number of aryl methyl sites for hydroxylation is 1. The molecule has 3 aromatic rings. The van der Waals surface area contributed by atoms with Crippen LogP contribution in [0.1, 0.15) is 23.0 Å². The van der Waals surface area contributed by atoms with E-state index in [-0.39, 0.29) is 5.56 Å². The van der Waals surface area contributed by atoms with Crippen molar-refractivity contribution < 1.29 is 23.8 Å². The number of carbonyl (C=O) groups is 2. The quantitative estimate of drug-likeness (QED) is 0.574. The Labute approximate surface area is 174 Å². The summed E-state index contributed by atoms with van der Waals surface area (Å²) in [5, 5.41) is 7.11. The van der Waals surface area contributed by atoms with E-state index in [0.717, 1.165) is 11.4 Å². The minimum atomic E-state index is -0.640. The standard InChI is InChI=1S/C22H23N3O5/c1-4-29-18-11-10-16(13-19(18)28-3)22(27)30-14-21(26)23-20-12-15(2)24-25(20)17-8-6-5-7-9-17/h5-13H,4,14H2,1-3H3,(H,23,26). The van der Waals surface area contributed by atoms with Crippen LogP contribution < -0.4 is 14.8 Å². The van der Waals surface area contributed by atoms with Crippen LogP contribution in [0.15, 0.2) is 54.6 Å². The Morgan fingerprint density at radius 2 is 1.83 bits per heavy atom. The lowest BCUT2D eigenvalue weighted by Crippen LogP contribution is -2.22. The van der Waals surface area contributed by atoms with Crippen LogP contribution in [0.2, 0.25) is 0 Å². The average Bonchev–Trinajstić information content (AvgIpc) is 3.13. The Morgan fingerprint density at radius 1 is 1.07 bits per heavy atom. The third-order valence-corrected chi connectivity index (χ3v) is 4.13. The molecule has 0 atom stereocenters. The molecule has 8 nitrogen and oxygen atoms in total. The molecule has 0 aliphatic heterocycles. The summed E-state index contributed by atoms with van der Waals surface area (Å²) in [7, 11) is 1.48. The maximum atomic E-state index is 12.3. The van der Waals surface area contributed by atoms with E-state index in [0.29, 0.717) is 23.9 Å². The van der Waals surface area contributed by atoms with E-state index in [4.69, 9.17) is 14.2 Å². The predicted molar refractivity (Wildman–Crippen MR) is 111 cm³/mol. The van der Waals surface area contributed by atoms with E-state index in [1.54, 1.807) is 22.9 Å². The molecule has 0 aliphatic rings. The van der Waals surface area contributed by atoms with Crippen LogP contribution >= 0.6 is 0 Å². The fraction of sp³-hybridized carbons (Fsp3) is 0.227. The number of para-hydroxylation sites is 1. The van der Waals surface area contributed by atoms with Crippen LogP contribution in [0.25, 0.3) is 5.69 Å². The van der Waals surface area contributed by atoms with Gasteiger partial charge in [0, 0.05) is 6.07 Å². The number of methoxy groups -OCH3 is 1. The van der Waals surface area contributed by atoms with Crippen molar-refractivity contribution in [2.24, 2.45) is 0 Å². The summed E-state index contributed by atoms with van der Waals surface area (Å²) in [6.45, 7) is 3.71. The fourth-order valence-electron chi connectivity index (χ4n) is 2.82. The normalized spacial score (nSPS) is 10.4. The van der Waals surface area contributed by atoms with Gasteiger partial charge in [-0.05, 0) is 44.2 Å². The van der Waals surface area contributed by atoms with Crippen LogP contribution in [0.5, 0.6) is 11.5 Å². The highest BCUT2D eigenvalue weighted by Crippen LogP contribution is 2.28. The molecule has 0 unspecified atom stereocenters. The molecule has 0 saturated heterocycles. The van der Waals surface area contributed by atoms with Gasteiger partial charge in [0.1, 0.15) is 5.82 Å². The van der Waals surface area contributed by atoms with Crippen molar-refractivity contribution in [3.63, 3.8) is 0 Å². The molecule has 0 saturated carbocycles. The second-order valence-corrected chi connectivity index (χ2v) is 6.34. The van der Waals surface area contributed by atoms with Gasteiger partial charge in [0.2, 0.25) is 0 Å². The summed E-state index contributed by atoms with van der Waals surface area (Å²) in [6.07, 6.45) is 0. The summed E-state index contributed by atoms with van der Waals surface area (Å²) < 4.78 is 17.4. The largest absolute Gasteiger partial charge is 0.493 e. The lowest BCUT2D eigenvalue weighted by atomic mass is 10.2. The first-order valence-electron chi connectivity index (χ1n) is 9.41. The molecule has 156 valence electrons. The van der Waals surface area contributed by atoms with Crippen LogP contribution in [-0.4, -0.2) is 42.0 Å². The Hall–Kier alpha value is -3.81. The van der Waals surface area contributed by atoms with Gasteiger partial charge in [-0.1, -0.05) is 18.2 Å². The lowest BCUT2D eigenvalue weighted by Gasteiger charge is -2.11. The highest BCUT2D eigenvalue weighted by molar-refractivity contribution is 5.95. The third-order valence-electron chi connectivity index (χ3n) is 4.13. The van der Waals surface area contributed by atoms with Crippen LogP contribution in [0.3, 0.4) is 0 Å². The van der Waals surface area contributed by atoms with Gasteiger partial charge in [-0.25, -0.2) is 9.48 Å². The number of anilines is 1. The number of aromatic nitrogens is 2. The number of esters is 1. The van der Waals surface area contributed by atoms with Gasteiger partial charge >= 0.3 is 5.97 Å². The molecule has 1 heterocycles. The number of hydrogen-bond acceptors (Lipinski definition) is 6.